The summed E-state index contributed by atoms with van der Waals surface area (Å²) in [6.45, 7) is 4.70. The molecule has 7 nitrogen and oxygen atoms in total. The molecule has 0 aromatic heterocycles. The highest BCUT2D eigenvalue weighted by molar-refractivity contribution is 7.90. The Morgan fingerprint density at radius 3 is 2.29 bits per heavy atom. The Morgan fingerprint density at radius 2 is 1.68 bits per heavy atom. The first-order valence-electron chi connectivity index (χ1n) is 8.87. The summed E-state index contributed by atoms with van der Waals surface area (Å²) in [6.07, 6.45) is 0. The fraction of sp³-hybridized carbons (Fsp3) is 0.350. The highest BCUT2D eigenvalue weighted by Crippen LogP contribution is 2.19. The van der Waals surface area contributed by atoms with E-state index in [4.69, 9.17) is 4.74 Å². The molecule has 0 fully saturated rings. The Balaban J connectivity index is 1.90. The highest BCUT2D eigenvalue weighted by atomic mass is 32.2. The normalized spacial score (nSPS) is 11.4. The second-order valence-corrected chi connectivity index (χ2v) is 8.85. The molecule has 0 aliphatic carbocycles. The number of hydrogen-bond donors (Lipinski definition) is 1. The van der Waals surface area contributed by atoms with Crippen molar-refractivity contribution in [3.05, 3.63) is 59.2 Å². The molecule has 1 amide bonds. The number of carbonyl (C=O) groups is 1. The van der Waals surface area contributed by atoms with Gasteiger partial charge in [-0.25, -0.2) is 0 Å². The van der Waals surface area contributed by atoms with Crippen LogP contribution < -0.4 is 14.4 Å². The van der Waals surface area contributed by atoms with Gasteiger partial charge in [-0.1, -0.05) is 12.1 Å². The van der Waals surface area contributed by atoms with Crippen molar-refractivity contribution in [3.8, 4) is 5.75 Å². The third-order valence-corrected chi connectivity index (χ3v) is 6.12. The zero-order chi connectivity index (χ0) is 20.9. The second kappa shape index (κ2) is 9.07. The molecule has 2 aromatic carbocycles. The van der Waals surface area contributed by atoms with Crippen LogP contribution in [0.2, 0.25) is 0 Å². The number of rotatable bonds is 8. The zero-order valence-electron chi connectivity index (χ0n) is 16.9. The smallest absolute Gasteiger partial charge is 0.303 e. The maximum Gasteiger partial charge on any atom is 0.303 e. The van der Waals surface area contributed by atoms with Gasteiger partial charge >= 0.3 is 10.2 Å². The van der Waals surface area contributed by atoms with E-state index in [-0.39, 0.29) is 5.91 Å². The molecule has 0 spiro atoms. The fourth-order valence-corrected chi connectivity index (χ4v) is 3.37. The summed E-state index contributed by atoms with van der Waals surface area (Å²) in [5.74, 6) is 0.568. The SMILES string of the molecule is Cc1ccc(C)c(OCCNC(=O)c2ccc(N(C)S(=O)(=O)N(C)C)cc2)c1. The van der Waals surface area contributed by atoms with Crippen molar-refractivity contribution in [2.75, 3.05) is 38.6 Å². The van der Waals surface area contributed by atoms with Crippen LogP contribution in [0, 0.1) is 13.8 Å². The standard InChI is InChI=1S/C20H27N3O4S/c1-15-6-7-16(2)19(14-15)27-13-12-21-20(24)17-8-10-18(11-9-17)23(5)28(25,26)22(3)4/h6-11,14H,12-13H2,1-5H3,(H,21,24). The maximum absolute atomic E-state index is 12.3. The molecule has 0 saturated carbocycles. The van der Waals surface area contributed by atoms with Crippen LogP contribution in [0.3, 0.4) is 0 Å². The van der Waals surface area contributed by atoms with Crippen LogP contribution in [0.15, 0.2) is 42.5 Å². The lowest BCUT2D eigenvalue weighted by molar-refractivity contribution is 0.0947. The van der Waals surface area contributed by atoms with Gasteiger partial charge in [0, 0.05) is 26.7 Å². The van der Waals surface area contributed by atoms with Gasteiger partial charge in [0.1, 0.15) is 12.4 Å². The Bertz CT molecular complexity index is 925. The van der Waals surface area contributed by atoms with Crippen LogP contribution in [0.25, 0.3) is 0 Å². The minimum Gasteiger partial charge on any atom is -0.491 e. The van der Waals surface area contributed by atoms with Crippen LogP contribution in [0.4, 0.5) is 5.69 Å². The Kier molecular flexibility index (Phi) is 7.04. The molecule has 0 bridgehead atoms. The number of anilines is 1. The van der Waals surface area contributed by atoms with E-state index >= 15 is 0 Å². The molecule has 2 aromatic rings. The van der Waals surface area contributed by atoms with Gasteiger partial charge in [-0.15, -0.1) is 0 Å². The predicted molar refractivity (Wildman–Crippen MR) is 111 cm³/mol. The largest absolute Gasteiger partial charge is 0.491 e. The number of benzene rings is 2. The third kappa shape index (κ3) is 5.24. The highest BCUT2D eigenvalue weighted by Gasteiger charge is 2.21. The predicted octanol–water partition coefficient (Wildman–Crippen LogP) is 2.35. The molecule has 0 radical (unpaired) electrons. The minimum absolute atomic E-state index is 0.241. The van der Waals surface area contributed by atoms with Gasteiger partial charge in [0.05, 0.1) is 12.2 Å². The Labute approximate surface area is 167 Å². The monoisotopic (exact) mass is 405 g/mol. The molecule has 152 valence electrons. The van der Waals surface area contributed by atoms with Gasteiger partial charge in [-0.05, 0) is 55.3 Å². The van der Waals surface area contributed by atoms with Crippen molar-refractivity contribution in [3.63, 3.8) is 0 Å². The van der Waals surface area contributed by atoms with Crippen LogP contribution in [0.5, 0.6) is 5.75 Å². The number of hydrogen-bond acceptors (Lipinski definition) is 4. The van der Waals surface area contributed by atoms with E-state index in [2.05, 4.69) is 5.32 Å². The molecular weight excluding hydrogens is 378 g/mol. The molecular formula is C20H27N3O4S. The number of amides is 1. The van der Waals surface area contributed by atoms with Crippen molar-refractivity contribution in [1.82, 2.24) is 9.62 Å². The van der Waals surface area contributed by atoms with E-state index in [0.717, 1.165) is 25.5 Å². The molecule has 0 aliphatic heterocycles. The number of nitrogens with one attached hydrogen (secondary N) is 1. The number of ether oxygens (including phenoxy) is 1. The van der Waals surface area contributed by atoms with Crippen molar-refractivity contribution < 1.29 is 17.9 Å². The number of nitrogens with zero attached hydrogens (tertiary/aromatic N) is 2. The topological polar surface area (TPSA) is 79.0 Å². The second-order valence-electron chi connectivity index (χ2n) is 6.68. The first-order chi connectivity index (χ1) is 13.1. The molecule has 8 heteroatoms. The van der Waals surface area contributed by atoms with E-state index in [1.54, 1.807) is 24.3 Å². The summed E-state index contributed by atoms with van der Waals surface area (Å²) in [5, 5.41) is 2.80. The van der Waals surface area contributed by atoms with Gasteiger partial charge in [0.2, 0.25) is 0 Å². The average molecular weight is 406 g/mol. The fourth-order valence-electron chi connectivity index (χ4n) is 2.49. The summed E-state index contributed by atoms with van der Waals surface area (Å²) >= 11 is 0. The molecule has 2 rings (SSSR count). The summed E-state index contributed by atoms with van der Waals surface area (Å²) in [7, 11) is 0.836. The van der Waals surface area contributed by atoms with E-state index in [1.807, 2.05) is 32.0 Å². The van der Waals surface area contributed by atoms with Crippen molar-refractivity contribution in [1.29, 1.82) is 0 Å². The van der Waals surface area contributed by atoms with Crippen molar-refractivity contribution in [2.45, 2.75) is 13.8 Å². The van der Waals surface area contributed by atoms with Gasteiger partial charge in [0.15, 0.2) is 0 Å². The average Bonchev–Trinajstić information content (AvgIpc) is 2.67. The van der Waals surface area contributed by atoms with Crippen molar-refractivity contribution >= 4 is 21.8 Å². The Morgan fingerprint density at radius 1 is 1.04 bits per heavy atom. The molecule has 0 unspecified atom stereocenters. The minimum atomic E-state index is -3.56. The van der Waals surface area contributed by atoms with Crippen LogP contribution in [-0.4, -0.2) is 52.9 Å². The lowest BCUT2D eigenvalue weighted by atomic mass is 10.1. The van der Waals surface area contributed by atoms with Crippen LogP contribution >= 0.6 is 0 Å². The lowest BCUT2D eigenvalue weighted by Crippen LogP contribution is -2.37. The van der Waals surface area contributed by atoms with Crippen LogP contribution in [0.1, 0.15) is 21.5 Å². The maximum atomic E-state index is 12.3. The quantitative estimate of drug-likeness (QED) is 0.684. The van der Waals surface area contributed by atoms with E-state index in [1.165, 1.54) is 21.1 Å². The molecule has 0 heterocycles. The Hall–Kier alpha value is -2.58. The van der Waals surface area contributed by atoms with Gasteiger partial charge in [-0.2, -0.15) is 12.7 Å². The molecule has 0 aliphatic rings. The van der Waals surface area contributed by atoms with Gasteiger partial charge in [0.25, 0.3) is 5.91 Å². The van der Waals surface area contributed by atoms with Crippen molar-refractivity contribution in [2.24, 2.45) is 0 Å². The molecule has 28 heavy (non-hydrogen) atoms. The van der Waals surface area contributed by atoms with E-state index in [0.29, 0.717) is 24.4 Å². The molecule has 1 N–H and O–H groups in total. The first kappa shape index (κ1) is 21.7. The first-order valence-corrected chi connectivity index (χ1v) is 10.3. The summed E-state index contributed by atoms with van der Waals surface area (Å²) in [5.41, 5.74) is 3.09. The third-order valence-electron chi connectivity index (χ3n) is 4.29. The van der Waals surface area contributed by atoms with E-state index < -0.39 is 10.2 Å². The molecule has 0 atom stereocenters. The number of carbonyl (C=O) groups excluding carboxylic acids is 1. The summed E-state index contributed by atoms with van der Waals surface area (Å²) in [4.78, 5) is 12.3. The molecule has 0 saturated heterocycles. The van der Waals surface area contributed by atoms with Gasteiger partial charge in [-0.3, -0.25) is 9.10 Å². The lowest BCUT2D eigenvalue weighted by Gasteiger charge is -2.23. The summed E-state index contributed by atoms with van der Waals surface area (Å²) in [6, 6.07) is 12.4. The summed E-state index contributed by atoms with van der Waals surface area (Å²) < 4.78 is 32.3. The zero-order valence-corrected chi connectivity index (χ0v) is 17.7. The van der Waals surface area contributed by atoms with E-state index in [9.17, 15) is 13.2 Å². The van der Waals surface area contributed by atoms with Gasteiger partial charge < -0.3 is 10.1 Å². The van der Waals surface area contributed by atoms with Crippen LogP contribution in [-0.2, 0) is 10.2 Å². The number of aryl methyl sites for hydroxylation is 2.